The van der Waals surface area contributed by atoms with E-state index in [-0.39, 0.29) is 0 Å². The van der Waals surface area contributed by atoms with Gasteiger partial charge in [-0.05, 0) is 40.3 Å². The molecule has 0 spiro atoms. The largest absolute Gasteiger partial charge is 0.480 e. The molecule has 0 fully saturated rings. The standard InChI is InChI=1S/C13H26N4O4/c1-9(2)17(3)7-5-4-6-15-13(21)16-10(12(19)20)8-11(14)18/h9-10H,4-8H2,1-3H3,(H2,14,18)(H,19,20)(H2,15,16,21)/t10-/m0/s1. The number of primary amides is 1. The number of hydrogen-bond donors (Lipinski definition) is 4. The average molecular weight is 302 g/mol. The third-order valence-electron chi connectivity index (χ3n) is 3.11. The lowest BCUT2D eigenvalue weighted by atomic mass is 10.2. The Morgan fingerprint density at radius 3 is 2.33 bits per heavy atom. The zero-order chi connectivity index (χ0) is 16.4. The van der Waals surface area contributed by atoms with Gasteiger partial charge in [-0.25, -0.2) is 9.59 Å². The van der Waals surface area contributed by atoms with E-state index in [0.717, 1.165) is 19.4 Å². The number of nitrogens with two attached hydrogens (primary N) is 1. The molecule has 8 nitrogen and oxygen atoms in total. The zero-order valence-electron chi connectivity index (χ0n) is 12.9. The molecule has 0 heterocycles. The first-order valence-corrected chi connectivity index (χ1v) is 6.99. The van der Waals surface area contributed by atoms with Crippen LogP contribution in [0, 0.1) is 0 Å². The topological polar surface area (TPSA) is 125 Å². The summed E-state index contributed by atoms with van der Waals surface area (Å²) in [5, 5.41) is 13.6. The van der Waals surface area contributed by atoms with E-state index in [9.17, 15) is 14.4 Å². The second-order valence-electron chi connectivity index (χ2n) is 5.24. The Labute approximate surface area is 125 Å². The first kappa shape index (κ1) is 19.2. The van der Waals surface area contributed by atoms with Crippen molar-refractivity contribution in [1.29, 1.82) is 0 Å². The highest BCUT2D eigenvalue weighted by molar-refractivity contribution is 5.87. The number of carboxylic acids is 1. The molecular weight excluding hydrogens is 276 g/mol. The SMILES string of the molecule is CC(C)N(C)CCCCNC(=O)N[C@@H](CC(N)=O)C(=O)O. The number of nitrogens with zero attached hydrogens (tertiary/aromatic N) is 1. The van der Waals surface area contributed by atoms with Crippen LogP contribution in [0.4, 0.5) is 4.79 Å². The highest BCUT2D eigenvalue weighted by Crippen LogP contribution is 1.97. The molecule has 0 aromatic heterocycles. The lowest BCUT2D eigenvalue weighted by molar-refractivity contribution is -0.140. The van der Waals surface area contributed by atoms with Crippen molar-refractivity contribution in [3.8, 4) is 0 Å². The van der Waals surface area contributed by atoms with Crippen LogP contribution in [0.25, 0.3) is 0 Å². The Morgan fingerprint density at radius 2 is 1.86 bits per heavy atom. The minimum atomic E-state index is -1.30. The molecule has 0 bridgehead atoms. The minimum absolute atomic E-state index is 0.429. The van der Waals surface area contributed by atoms with Gasteiger partial charge in [-0.15, -0.1) is 0 Å². The van der Waals surface area contributed by atoms with Gasteiger partial charge in [0.2, 0.25) is 5.91 Å². The minimum Gasteiger partial charge on any atom is -0.480 e. The fourth-order valence-corrected chi connectivity index (χ4v) is 1.56. The van der Waals surface area contributed by atoms with Gasteiger partial charge in [-0.1, -0.05) is 0 Å². The fraction of sp³-hybridized carbons (Fsp3) is 0.769. The molecule has 0 aromatic carbocycles. The number of urea groups is 1. The van der Waals surface area contributed by atoms with Crippen LogP contribution in [0.5, 0.6) is 0 Å². The lowest BCUT2D eigenvalue weighted by Crippen LogP contribution is -2.47. The summed E-state index contributed by atoms with van der Waals surface area (Å²) in [6.07, 6.45) is 1.29. The summed E-state index contributed by atoms with van der Waals surface area (Å²) in [6.45, 7) is 5.59. The van der Waals surface area contributed by atoms with Gasteiger partial charge < -0.3 is 26.4 Å². The molecule has 1 atom stereocenters. The van der Waals surface area contributed by atoms with Crippen molar-refractivity contribution in [1.82, 2.24) is 15.5 Å². The van der Waals surface area contributed by atoms with E-state index < -0.39 is 30.4 Å². The molecule has 21 heavy (non-hydrogen) atoms. The number of rotatable bonds is 10. The number of nitrogens with one attached hydrogen (secondary N) is 2. The van der Waals surface area contributed by atoms with Crippen molar-refractivity contribution in [3.05, 3.63) is 0 Å². The summed E-state index contributed by atoms with van der Waals surface area (Å²) >= 11 is 0. The Morgan fingerprint density at radius 1 is 1.24 bits per heavy atom. The predicted molar refractivity (Wildman–Crippen MR) is 78.8 cm³/mol. The van der Waals surface area contributed by atoms with Gasteiger partial charge >= 0.3 is 12.0 Å². The van der Waals surface area contributed by atoms with Crippen LogP contribution in [0.2, 0.25) is 0 Å². The van der Waals surface area contributed by atoms with Gasteiger partial charge in [0, 0.05) is 12.6 Å². The van der Waals surface area contributed by atoms with Crippen molar-refractivity contribution < 1.29 is 19.5 Å². The van der Waals surface area contributed by atoms with E-state index in [1.807, 2.05) is 7.05 Å². The number of amides is 3. The van der Waals surface area contributed by atoms with Gasteiger partial charge in [-0.2, -0.15) is 0 Å². The van der Waals surface area contributed by atoms with E-state index in [2.05, 4.69) is 29.4 Å². The number of aliphatic carboxylic acids is 1. The maximum atomic E-state index is 11.5. The molecule has 5 N–H and O–H groups in total. The lowest BCUT2D eigenvalue weighted by Gasteiger charge is -2.20. The Bertz CT molecular complexity index is 360. The van der Waals surface area contributed by atoms with Crippen molar-refractivity contribution >= 4 is 17.9 Å². The van der Waals surface area contributed by atoms with Crippen LogP contribution < -0.4 is 16.4 Å². The first-order valence-electron chi connectivity index (χ1n) is 6.99. The van der Waals surface area contributed by atoms with Gasteiger partial charge in [-0.3, -0.25) is 4.79 Å². The second-order valence-corrected chi connectivity index (χ2v) is 5.24. The summed E-state index contributed by atoms with van der Waals surface area (Å²) in [5.41, 5.74) is 4.92. The van der Waals surface area contributed by atoms with Gasteiger partial charge in [0.1, 0.15) is 6.04 Å². The maximum Gasteiger partial charge on any atom is 0.326 e. The highest BCUT2D eigenvalue weighted by atomic mass is 16.4. The van der Waals surface area contributed by atoms with Crippen LogP contribution in [0.15, 0.2) is 0 Å². The second kappa shape index (κ2) is 9.98. The van der Waals surface area contributed by atoms with E-state index >= 15 is 0 Å². The van der Waals surface area contributed by atoms with E-state index in [1.54, 1.807) is 0 Å². The Hall–Kier alpha value is -1.83. The molecule has 0 rings (SSSR count). The number of unbranched alkanes of at least 4 members (excludes halogenated alkanes) is 1. The van der Waals surface area contributed by atoms with Gasteiger partial charge in [0.25, 0.3) is 0 Å². The van der Waals surface area contributed by atoms with Crippen LogP contribution in [0.3, 0.4) is 0 Å². The molecule has 0 aliphatic carbocycles. The third-order valence-corrected chi connectivity index (χ3v) is 3.11. The molecule has 0 radical (unpaired) electrons. The summed E-state index contributed by atoms with van der Waals surface area (Å²) in [5.74, 6) is -2.07. The highest BCUT2D eigenvalue weighted by Gasteiger charge is 2.21. The number of carbonyl (C=O) groups is 3. The van der Waals surface area contributed by atoms with Crippen molar-refractivity contribution in [2.45, 2.75) is 45.2 Å². The van der Waals surface area contributed by atoms with Crippen LogP contribution in [0.1, 0.15) is 33.1 Å². The molecule has 0 aliphatic rings. The van der Waals surface area contributed by atoms with E-state index in [4.69, 9.17) is 10.8 Å². The zero-order valence-corrected chi connectivity index (χ0v) is 12.9. The van der Waals surface area contributed by atoms with E-state index in [1.165, 1.54) is 0 Å². The maximum absolute atomic E-state index is 11.5. The van der Waals surface area contributed by atoms with Crippen LogP contribution in [-0.2, 0) is 9.59 Å². The monoisotopic (exact) mass is 302 g/mol. The molecule has 3 amide bonds. The molecule has 0 saturated carbocycles. The van der Waals surface area contributed by atoms with Crippen molar-refractivity contribution in [2.24, 2.45) is 5.73 Å². The van der Waals surface area contributed by atoms with E-state index in [0.29, 0.717) is 12.6 Å². The molecule has 0 aliphatic heterocycles. The Kier molecular flexibility index (Phi) is 9.11. The smallest absolute Gasteiger partial charge is 0.326 e. The molecule has 0 aromatic rings. The molecule has 0 unspecified atom stereocenters. The Balaban J connectivity index is 3.88. The summed E-state index contributed by atoms with van der Waals surface area (Å²) in [4.78, 5) is 35.2. The molecular formula is C13H26N4O4. The van der Waals surface area contributed by atoms with Crippen LogP contribution in [-0.4, -0.2) is 60.1 Å². The number of carbonyl (C=O) groups excluding carboxylic acids is 2. The summed E-state index contributed by atoms with van der Waals surface area (Å²) in [6, 6.07) is -1.43. The van der Waals surface area contributed by atoms with Crippen molar-refractivity contribution in [2.75, 3.05) is 20.1 Å². The van der Waals surface area contributed by atoms with Gasteiger partial charge in [0.05, 0.1) is 6.42 Å². The molecule has 0 saturated heterocycles. The summed E-state index contributed by atoms with van der Waals surface area (Å²) < 4.78 is 0. The van der Waals surface area contributed by atoms with Crippen LogP contribution >= 0.6 is 0 Å². The van der Waals surface area contributed by atoms with Gasteiger partial charge in [0.15, 0.2) is 0 Å². The average Bonchev–Trinajstić information content (AvgIpc) is 2.36. The predicted octanol–water partition coefficient (Wildman–Crippen LogP) is -0.265. The first-order chi connectivity index (χ1) is 9.73. The van der Waals surface area contributed by atoms with Crippen molar-refractivity contribution in [3.63, 3.8) is 0 Å². The number of carboxylic acid groups (broad SMARTS) is 1. The summed E-state index contributed by atoms with van der Waals surface area (Å²) in [7, 11) is 2.03. The molecule has 8 heteroatoms. The normalized spacial score (nSPS) is 12.2. The number of hydrogen-bond acceptors (Lipinski definition) is 4. The molecule has 122 valence electrons. The third kappa shape index (κ3) is 9.67. The quantitative estimate of drug-likeness (QED) is 0.414. The fourth-order valence-electron chi connectivity index (χ4n) is 1.56.